The summed E-state index contributed by atoms with van der Waals surface area (Å²) in [5.74, 6) is 0.0312. The standard InChI is InChI=1S/C20H21N3O3S/c1-4-11-22-17-10-7-15(13(2)3)12-18(17)27-20(22)21-19(24)14-5-8-16(9-6-14)23(25)26/h5-10,12-13H,4,11H2,1-3H3. The van der Waals surface area contributed by atoms with Gasteiger partial charge in [0.05, 0.1) is 15.1 Å². The predicted molar refractivity (Wildman–Crippen MR) is 107 cm³/mol. The Labute approximate surface area is 161 Å². The summed E-state index contributed by atoms with van der Waals surface area (Å²) in [5, 5.41) is 10.8. The molecule has 0 aliphatic carbocycles. The van der Waals surface area contributed by atoms with Crippen LogP contribution in [0.4, 0.5) is 5.69 Å². The molecular weight excluding hydrogens is 362 g/mol. The summed E-state index contributed by atoms with van der Waals surface area (Å²) in [5.41, 5.74) is 2.61. The molecule has 0 bridgehead atoms. The summed E-state index contributed by atoms with van der Waals surface area (Å²) < 4.78 is 3.16. The number of thiazole rings is 1. The van der Waals surface area contributed by atoms with Gasteiger partial charge in [-0.05, 0) is 42.2 Å². The molecular formula is C20H21N3O3S. The van der Waals surface area contributed by atoms with Gasteiger partial charge < -0.3 is 4.57 Å². The maximum absolute atomic E-state index is 12.6. The average molecular weight is 383 g/mol. The van der Waals surface area contributed by atoms with E-state index in [1.807, 2.05) is 0 Å². The first-order valence-electron chi connectivity index (χ1n) is 8.87. The number of nitro benzene ring substituents is 1. The van der Waals surface area contributed by atoms with Gasteiger partial charge >= 0.3 is 0 Å². The van der Waals surface area contributed by atoms with Crippen molar-refractivity contribution < 1.29 is 9.72 Å². The van der Waals surface area contributed by atoms with Crippen LogP contribution in [0.5, 0.6) is 0 Å². The van der Waals surface area contributed by atoms with E-state index >= 15 is 0 Å². The molecule has 0 fully saturated rings. The second-order valence-electron chi connectivity index (χ2n) is 6.64. The summed E-state index contributed by atoms with van der Waals surface area (Å²) in [4.78, 5) is 27.8. The third-order valence-corrected chi connectivity index (χ3v) is 5.38. The minimum absolute atomic E-state index is 0.0457. The number of aromatic nitrogens is 1. The number of nitrogens with zero attached hydrogens (tertiary/aromatic N) is 3. The number of rotatable bonds is 5. The highest BCUT2D eigenvalue weighted by molar-refractivity contribution is 7.16. The molecule has 1 amide bonds. The van der Waals surface area contributed by atoms with Gasteiger partial charge in [-0.2, -0.15) is 4.99 Å². The molecule has 1 aromatic heterocycles. The van der Waals surface area contributed by atoms with Gasteiger partial charge in [-0.3, -0.25) is 14.9 Å². The van der Waals surface area contributed by atoms with Crippen molar-refractivity contribution in [1.82, 2.24) is 4.57 Å². The Balaban J connectivity index is 2.06. The summed E-state index contributed by atoms with van der Waals surface area (Å²) in [7, 11) is 0. The first-order chi connectivity index (χ1) is 12.9. The highest BCUT2D eigenvalue weighted by Gasteiger charge is 2.12. The second-order valence-corrected chi connectivity index (χ2v) is 7.65. The average Bonchev–Trinajstić information content (AvgIpc) is 2.98. The molecule has 2 aromatic carbocycles. The van der Waals surface area contributed by atoms with Crippen molar-refractivity contribution in [2.75, 3.05) is 0 Å². The zero-order chi connectivity index (χ0) is 19.6. The molecule has 3 rings (SSSR count). The maximum Gasteiger partial charge on any atom is 0.279 e. The van der Waals surface area contributed by atoms with Crippen molar-refractivity contribution >= 4 is 33.1 Å². The quantitative estimate of drug-likeness (QED) is 0.465. The fourth-order valence-electron chi connectivity index (χ4n) is 2.85. The van der Waals surface area contributed by atoms with Crippen LogP contribution in [0.2, 0.25) is 0 Å². The van der Waals surface area contributed by atoms with Crippen molar-refractivity contribution in [2.24, 2.45) is 4.99 Å². The number of nitro groups is 1. The third kappa shape index (κ3) is 3.98. The lowest BCUT2D eigenvalue weighted by Gasteiger charge is -2.06. The van der Waals surface area contributed by atoms with Gasteiger partial charge in [-0.1, -0.05) is 38.2 Å². The van der Waals surface area contributed by atoms with Gasteiger partial charge in [0.15, 0.2) is 4.80 Å². The predicted octanol–water partition coefficient (Wildman–Crippen LogP) is 4.89. The van der Waals surface area contributed by atoms with E-state index in [0.717, 1.165) is 23.2 Å². The van der Waals surface area contributed by atoms with Crippen LogP contribution in [0.1, 0.15) is 49.0 Å². The Bertz CT molecular complexity index is 1060. The highest BCUT2D eigenvalue weighted by Crippen LogP contribution is 2.24. The van der Waals surface area contributed by atoms with Gasteiger partial charge in [0.2, 0.25) is 0 Å². The molecule has 0 spiro atoms. The summed E-state index contributed by atoms with van der Waals surface area (Å²) in [6, 6.07) is 11.9. The number of hydrogen-bond acceptors (Lipinski definition) is 4. The molecule has 6 nitrogen and oxygen atoms in total. The van der Waals surface area contributed by atoms with Crippen molar-refractivity contribution in [3.05, 3.63) is 68.5 Å². The Morgan fingerprint density at radius 2 is 1.93 bits per heavy atom. The molecule has 0 unspecified atom stereocenters. The topological polar surface area (TPSA) is 77.5 Å². The van der Waals surface area contributed by atoms with E-state index in [0.29, 0.717) is 16.3 Å². The number of fused-ring (bicyclic) bond motifs is 1. The van der Waals surface area contributed by atoms with Gasteiger partial charge in [-0.25, -0.2) is 0 Å². The summed E-state index contributed by atoms with van der Waals surface area (Å²) >= 11 is 1.49. The lowest BCUT2D eigenvalue weighted by Crippen LogP contribution is -2.16. The molecule has 0 N–H and O–H groups in total. The zero-order valence-corrected chi connectivity index (χ0v) is 16.3. The molecule has 7 heteroatoms. The first-order valence-corrected chi connectivity index (χ1v) is 9.69. The Morgan fingerprint density at radius 3 is 2.52 bits per heavy atom. The molecule has 140 valence electrons. The van der Waals surface area contributed by atoms with Crippen LogP contribution in [0.25, 0.3) is 10.2 Å². The lowest BCUT2D eigenvalue weighted by molar-refractivity contribution is -0.384. The Morgan fingerprint density at radius 1 is 1.22 bits per heavy atom. The van der Waals surface area contributed by atoms with E-state index < -0.39 is 10.8 Å². The number of benzene rings is 2. The smallest absolute Gasteiger partial charge is 0.279 e. The summed E-state index contributed by atoms with van der Waals surface area (Å²) in [6.07, 6.45) is 0.927. The highest BCUT2D eigenvalue weighted by atomic mass is 32.1. The summed E-state index contributed by atoms with van der Waals surface area (Å²) in [6.45, 7) is 7.16. The third-order valence-electron chi connectivity index (χ3n) is 4.34. The van der Waals surface area contributed by atoms with Crippen LogP contribution < -0.4 is 4.80 Å². The van der Waals surface area contributed by atoms with Gasteiger partial charge in [-0.15, -0.1) is 0 Å². The van der Waals surface area contributed by atoms with Crippen LogP contribution >= 0.6 is 11.3 Å². The van der Waals surface area contributed by atoms with Gasteiger partial charge in [0.25, 0.3) is 11.6 Å². The van der Waals surface area contributed by atoms with Crippen LogP contribution in [0, 0.1) is 10.1 Å². The number of hydrogen-bond donors (Lipinski definition) is 0. The van der Waals surface area contributed by atoms with Crippen molar-refractivity contribution in [1.29, 1.82) is 0 Å². The zero-order valence-electron chi connectivity index (χ0n) is 15.5. The Hall–Kier alpha value is -2.80. The molecule has 0 atom stereocenters. The first kappa shape index (κ1) is 19.0. The molecule has 0 radical (unpaired) electrons. The van der Waals surface area contributed by atoms with Crippen LogP contribution in [-0.2, 0) is 6.54 Å². The normalized spacial score (nSPS) is 12.1. The van der Waals surface area contributed by atoms with E-state index in [9.17, 15) is 14.9 Å². The van der Waals surface area contributed by atoms with E-state index in [2.05, 4.69) is 48.5 Å². The van der Waals surface area contributed by atoms with Gasteiger partial charge in [0, 0.05) is 24.2 Å². The number of aryl methyl sites for hydroxylation is 1. The van der Waals surface area contributed by atoms with Crippen molar-refractivity contribution in [3.8, 4) is 0 Å². The van der Waals surface area contributed by atoms with Crippen LogP contribution in [0.15, 0.2) is 47.5 Å². The van der Waals surface area contributed by atoms with Gasteiger partial charge in [0.1, 0.15) is 0 Å². The van der Waals surface area contributed by atoms with E-state index in [1.54, 1.807) is 0 Å². The van der Waals surface area contributed by atoms with Crippen molar-refractivity contribution in [3.63, 3.8) is 0 Å². The van der Waals surface area contributed by atoms with Crippen LogP contribution in [0.3, 0.4) is 0 Å². The van der Waals surface area contributed by atoms with E-state index in [-0.39, 0.29) is 5.69 Å². The molecule has 1 heterocycles. The fourth-order valence-corrected chi connectivity index (χ4v) is 3.95. The second kappa shape index (κ2) is 7.84. The molecule has 0 aliphatic heterocycles. The van der Waals surface area contributed by atoms with Crippen LogP contribution in [-0.4, -0.2) is 15.4 Å². The number of carbonyl (C=O) groups excluding carboxylic acids is 1. The largest absolute Gasteiger partial charge is 0.316 e. The molecule has 0 saturated heterocycles. The molecule has 0 saturated carbocycles. The number of amides is 1. The lowest BCUT2D eigenvalue weighted by atomic mass is 10.0. The molecule has 27 heavy (non-hydrogen) atoms. The SMILES string of the molecule is CCCn1c(=NC(=O)c2ccc([N+](=O)[O-])cc2)sc2cc(C(C)C)ccc21. The van der Waals surface area contributed by atoms with E-state index in [1.165, 1.54) is 41.2 Å². The maximum atomic E-state index is 12.6. The number of carbonyl (C=O) groups is 1. The number of non-ortho nitro benzene ring substituents is 1. The minimum Gasteiger partial charge on any atom is -0.316 e. The molecule has 3 aromatic rings. The Kier molecular flexibility index (Phi) is 5.51. The minimum atomic E-state index is -0.487. The monoisotopic (exact) mass is 383 g/mol. The molecule has 0 aliphatic rings. The van der Waals surface area contributed by atoms with E-state index in [4.69, 9.17) is 0 Å². The fraction of sp³-hybridized carbons (Fsp3) is 0.300. The van der Waals surface area contributed by atoms with Crippen molar-refractivity contribution in [2.45, 2.75) is 39.7 Å².